The maximum absolute atomic E-state index is 12.0. The number of aliphatic hydroxyl groups is 1. The third kappa shape index (κ3) is 4.76. The van der Waals surface area contributed by atoms with Crippen molar-refractivity contribution in [2.24, 2.45) is 0 Å². The molecular formula is C19H28O5. The largest absolute Gasteiger partial charge is 0.386 e. The van der Waals surface area contributed by atoms with E-state index in [4.69, 9.17) is 14.2 Å². The molecular weight excluding hydrogens is 308 g/mol. The summed E-state index contributed by atoms with van der Waals surface area (Å²) in [5, 5.41) is 10.3. The van der Waals surface area contributed by atoms with Crippen molar-refractivity contribution in [2.75, 3.05) is 13.2 Å². The number of fused-ring (bicyclic) bond motifs is 1. The highest BCUT2D eigenvalue weighted by molar-refractivity contribution is 5.89. The number of rotatable bonds is 6. The lowest BCUT2D eigenvalue weighted by Gasteiger charge is -2.40. The van der Waals surface area contributed by atoms with Gasteiger partial charge in [0.1, 0.15) is 0 Å². The molecule has 1 N–H and O–H groups in total. The molecule has 3 saturated heterocycles. The van der Waals surface area contributed by atoms with Gasteiger partial charge in [-0.25, -0.2) is 0 Å². The van der Waals surface area contributed by atoms with Crippen LogP contribution in [0, 0.1) is 0 Å². The van der Waals surface area contributed by atoms with Crippen molar-refractivity contribution in [3.05, 3.63) is 24.3 Å². The van der Waals surface area contributed by atoms with Gasteiger partial charge in [-0.15, -0.1) is 0 Å². The molecule has 0 saturated carbocycles. The van der Waals surface area contributed by atoms with Gasteiger partial charge in [0.25, 0.3) is 0 Å². The van der Waals surface area contributed by atoms with Crippen molar-refractivity contribution < 1.29 is 24.1 Å². The molecule has 0 aromatic carbocycles. The molecule has 0 amide bonds. The maximum atomic E-state index is 12.0. The van der Waals surface area contributed by atoms with Crippen molar-refractivity contribution in [3.8, 4) is 0 Å². The van der Waals surface area contributed by atoms with Crippen molar-refractivity contribution in [1.82, 2.24) is 0 Å². The van der Waals surface area contributed by atoms with E-state index in [1.807, 2.05) is 0 Å². The number of hydrogen-bond donors (Lipinski definition) is 1. The van der Waals surface area contributed by atoms with E-state index in [9.17, 15) is 9.90 Å². The van der Waals surface area contributed by atoms with Crippen LogP contribution in [0.1, 0.15) is 44.9 Å². The zero-order valence-electron chi connectivity index (χ0n) is 14.2. The van der Waals surface area contributed by atoms with E-state index in [0.717, 1.165) is 44.3 Å². The molecule has 24 heavy (non-hydrogen) atoms. The fraction of sp³-hybridized carbons (Fsp3) is 0.737. The van der Waals surface area contributed by atoms with E-state index in [1.54, 1.807) is 6.08 Å². The Bertz CT molecular complexity index is 486. The monoisotopic (exact) mass is 336 g/mol. The van der Waals surface area contributed by atoms with Crippen LogP contribution in [0.15, 0.2) is 24.3 Å². The van der Waals surface area contributed by atoms with Crippen LogP contribution < -0.4 is 0 Å². The first-order chi connectivity index (χ1) is 11.6. The minimum Gasteiger partial charge on any atom is -0.386 e. The molecule has 134 valence electrons. The Labute approximate surface area is 143 Å². The van der Waals surface area contributed by atoms with Crippen LogP contribution in [0.25, 0.3) is 0 Å². The average Bonchev–Trinajstić information content (AvgIpc) is 3.02. The van der Waals surface area contributed by atoms with E-state index in [-0.39, 0.29) is 30.2 Å². The minimum atomic E-state index is -0.737. The van der Waals surface area contributed by atoms with Gasteiger partial charge in [0.2, 0.25) is 0 Å². The fourth-order valence-electron chi connectivity index (χ4n) is 3.69. The summed E-state index contributed by atoms with van der Waals surface area (Å²) in [5.41, 5.74) is 1.10. The van der Waals surface area contributed by atoms with Gasteiger partial charge in [-0.3, -0.25) is 4.79 Å². The Morgan fingerprint density at radius 2 is 2.17 bits per heavy atom. The molecule has 0 aromatic rings. The Balaban J connectivity index is 1.40. The molecule has 0 aromatic heterocycles. The molecule has 3 heterocycles. The average molecular weight is 336 g/mol. The molecule has 3 aliphatic heterocycles. The summed E-state index contributed by atoms with van der Waals surface area (Å²) in [7, 11) is 0. The third-order valence-corrected chi connectivity index (χ3v) is 5.08. The van der Waals surface area contributed by atoms with Crippen LogP contribution in [0.4, 0.5) is 0 Å². The molecule has 5 heteroatoms. The molecule has 0 bridgehead atoms. The number of carbonyl (C=O) groups is 1. The molecule has 3 fully saturated rings. The Morgan fingerprint density at radius 3 is 2.96 bits per heavy atom. The second kappa shape index (κ2) is 8.39. The van der Waals surface area contributed by atoms with Gasteiger partial charge in [0.05, 0.1) is 37.1 Å². The zero-order valence-corrected chi connectivity index (χ0v) is 14.2. The van der Waals surface area contributed by atoms with Crippen molar-refractivity contribution in [1.29, 1.82) is 0 Å². The number of ether oxygens (including phenoxy) is 3. The summed E-state index contributed by atoms with van der Waals surface area (Å²) in [4.78, 5) is 12.0. The first kappa shape index (κ1) is 17.8. The van der Waals surface area contributed by atoms with Crippen LogP contribution in [-0.4, -0.2) is 54.6 Å². The van der Waals surface area contributed by atoms with Crippen molar-refractivity contribution >= 4 is 5.78 Å². The van der Waals surface area contributed by atoms with Crippen LogP contribution in [0.2, 0.25) is 0 Å². The van der Waals surface area contributed by atoms with Gasteiger partial charge in [-0.2, -0.15) is 0 Å². The smallest absolute Gasteiger partial charge is 0.155 e. The number of allylic oxidation sites excluding steroid dienone is 1. The summed E-state index contributed by atoms with van der Waals surface area (Å²) in [6.45, 7) is 5.31. The lowest BCUT2D eigenvalue weighted by atomic mass is 9.93. The van der Waals surface area contributed by atoms with E-state index in [0.29, 0.717) is 19.4 Å². The Morgan fingerprint density at radius 1 is 1.29 bits per heavy atom. The van der Waals surface area contributed by atoms with Gasteiger partial charge >= 0.3 is 0 Å². The van der Waals surface area contributed by atoms with E-state index >= 15 is 0 Å². The highest BCUT2D eigenvalue weighted by atomic mass is 16.6. The second-order valence-corrected chi connectivity index (χ2v) is 7.08. The Kier molecular flexibility index (Phi) is 6.22. The van der Waals surface area contributed by atoms with Crippen LogP contribution in [0.5, 0.6) is 0 Å². The molecule has 0 spiro atoms. The third-order valence-electron chi connectivity index (χ3n) is 5.08. The molecule has 3 rings (SSSR count). The number of aliphatic hydroxyl groups excluding tert-OH is 1. The standard InChI is InChI=1S/C19H28O5/c1-13-11-15(23-12-13)6-4-14(20)5-7-16(21)17-8-9-18-19(24-17)3-2-10-22-18/h5,7,15-19,21H,1-4,6,8-12H2/b7-5+/t15?,16-,17?,18?,19?/m0/s1. The van der Waals surface area contributed by atoms with Gasteiger partial charge < -0.3 is 19.3 Å². The highest BCUT2D eigenvalue weighted by Gasteiger charge is 2.36. The van der Waals surface area contributed by atoms with Crippen LogP contribution in [0.3, 0.4) is 0 Å². The summed E-state index contributed by atoms with van der Waals surface area (Å²) in [6, 6.07) is 0. The topological polar surface area (TPSA) is 65.0 Å². The zero-order chi connectivity index (χ0) is 16.9. The first-order valence-electron chi connectivity index (χ1n) is 9.06. The summed E-state index contributed by atoms with van der Waals surface area (Å²) in [6.07, 6.45) is 8.13. The lowest BCUT2D eigenvalue weighted by molar-refractivity contribution is -0.180. The molecule has 4 unspecified atom stereocenters. The van der Waals surface area contributed by atoms with Crippen molar-refractivity contribution in [3.63, 3.8) is 0 Å². The number of carbonyl (C=O) groups excluding carboxylic acids is 1. The normalized spacial score (nSPS) is 35.1. The summed E-state index contributed by atoms with van der Waals surface area (Å²) < 4.78 is 17.2. The Hall–Kier alpha value is -1.01. The van der Waals surface area contributed by atoms with E-state index in [2.05, 4.69) is 6.58 Å². The molecule has 0 aliphatic carbocycles. The highest BCUT2D eigenvalue weighted by Crippen LogP contribution is 2.30. The van der Waals surface area contributed by atoms with Gasteiger partial charge in [0.15, 0.2) is 5.78 Å². The quantitative estimate of drug-likeness (QED) is 0.596. The van der Waals surface area contributed by atoms with E-state index in [1.165, 1.54) is 6.08 Å². The molecule has 5 atom stereocenters. The van der Waals surface area contributed by atoms with Gasteiger partial charge in [-0.05, 0) is 50.2 Å². The summed E-state index contributed by atoms with van der Waals surface area (Å²) in [5.74, 6) is 0.0184. The number of hydrogen-bond acceptors (Lipinski definition) is 5. The second-order valence-electron chi connectivity index (χ2n) is 7.08. The molecule has 5 nitrogen and oxygen atoms in total. The maximum Gasteiger partial charge on any atom is 0.155 e. The lowest BCUT2D eigenvalue weighted by Crippen LogP contribution is -2.46. The predicted octanol–water partition coefficient (Wildman–Crippen LogP) is 2.32. The molecule has 0 radical (unpaired) electrons. The SMILES string of the molecule is C=C1COC(CCC(=O)/C=C/[C@H](O)C2CCC3OCCCC3O2)C1. The van der Waals surface area contributed by atoms with E-state index < -0.39 is 6.10 Å². The fourth-order valence-corrected chi connectivity index (χ4v) is 3.69. The first-order valence-corrected chi connectivity index (χ1v) is 9.06. The number of ketones is 1. The van der Waals surface area contributed by atoms with Gasteiger partial charge in [0, 0.05) is 13.0 Å². The summed E-state index contributed by atoms with van der Waals surface area (Å²) >= 11 is 0. The van der Waals surface area contributed by atoms with Gasteiger partial charge in [-0.1, -0.05) is 12.7 Å². The minimum absolute atomic E-state index is 0.0184. The van der Waals surface area contributed by atoms with Crippen molar-refractivity contribution in [2.45, 2.75) is 75.5 Å². The van der Waals surface area contributed by atoms with Crippen LogP contribution in [-0.2, 0) is 19.0 Å². The van der Waals surface area contributed by atoms with Crippen LogP contribution >= 0.6 is 0 Å². The molecule has 3 aliphatic rings. The predicted molar refractivity (Wildman–Crippen MR) is 89.8 cm³/mol.